The van der Waals surface area contributed by atoms with Crippen LogP contribution in [0, 0.1) is 6.92 Å². The first-order valence-electron chi connectivity index (χ1n) is 6.85. The van der Waals surface area contributed by atoms with Crippen molar-refractivity contribution in [3.63, 3.8) is 0 Å². The third kappa shape index (κ3) is 1.25. The van der Waals surface area contributed by atoms with Gasteiger partial charge in [0, 0.05) is 30.5 Å². The second-order valence-corrected chi connectivity index (χ2v) is 5.68. The van der Waals surface area contributed by atoms with Gasteiger partial charge in [0.2, 0.25) is 0 Å². The molecule has 0 amide bonds. The summed E-state index contributed by atoms with van der Waals surface area (Å²) in [6.07, 6.45) is 6.86. The van der Waals surface area contributed by atoms with Gasteiger partial charge in [-0.1, -0.05) is 6.07 Å². The maximum absolute atomic E-state index is 5.53. The van der Waals surface area contributed by atoms with Crippen LogP contribution in [0.25, 0.3) is 5.65 Å². The first-order chi connectivity index (χ1) is 8.80. The smallest absolute Gasteiger partial charge is 0.140 e. The second-order valence-electron chi connectivity index (χ2n) is 5.68. The molecule has 0 atom stereocenters. The topological polar surface area (TPSA) is 26.5 Å². The van der Waals surface area contributed by atoms with Gasteiger partial charge >= 0.3 is 0 Å². The van der Waals surface area contributed by atoms with Crippen molar-refractivity contribution in [2.45, 2.75) is 38.0 Å². The molecule has 0 aromatic carbocycles. The number of rotatable bonds is 0. The van der Waals surface area contributed by atoms with Crippen LogP contribution in [0.15, 0.2) is 18.3 Å². The SMILES string of the molecule is Cc1cccn2c3c(nc12)C1(CCOCC1)CC3. The maximum atomic E-state index is 5.53. The fraction of sp³-hybridized carbons (Fsp3) is 0.533. The van der Waals surface area contributed by atoms with Gasteiger partial charge in [0.1, 0.15) is 5.65 Å². The van der Waals surface area contributed by atoms with Crippen molar-refractivity contribution in [1.29, 1.82) is 0 Å². The number of hydrogen-bond donors (Lipinski definition) is 0. The van der Waals surface area contributed by atoms with Crippen LogP contribution in [-0.2, 0) is 16.6 Å². The Hall–Kier alpha value is -1.35. The van der Waals surface area contributed by atoms with E-state index in [1.54, 1.807) is 0 Å². The molecule has 2 aromatic heterocycles. The summed E-state index contributed by atoms with van der Waals surface area (Å²) in [6.45, 7) is 3.94. The molecule has 1 fully saturated rings. The molecule has 2 aliphatic rings. The zero-order valence-corrected chi connectivity index (χ0v) is 10.8. The molecule has 1 spiro atoms. The van der Waals surface area contributed by atoms with Crippen molar-refractivity contribution in [2.75, 3.05) is 13.2 Å². The molecule has 3 nitrogen and oxygen atoms in total. The van der Waals surface area contributed by atoms with E-state index in [1.807, 2.05) is 0 Å². The lowest BCUT2D eigenvalue weighted by Gasteiger charge is -2.32. The summed E-state index contributed by atoms with van der Waals surface area (Å²) in [5.41, 5.74) is 5.53. The molecule has 0 unspecified atom stereocenters. The van der Waals surface area contributed by atoms with Crippen molar-refractivity contribution in [3.8, 4) is 0 Å². The van der Waals surface area contributed by atoms with Crippen molar-refractivity contribution in [3.05, 3.63) is 35.3 Å². The van der Waals surface area contributed by atoms with Crippen molar-refractivity contribution in [1.82, 2.24) is 9.38 Å². The molecule has 18 heavy (non-hydrogen) atoms. The first kappa shape index (κ1) is 10.6. The van der Waals surface area contributed by atoms with Crippen LogP contribution in [0.2, 0.25) is 0 Å². The Morgan fingerprint density at radius 3 is 2.94 bits per heavy atom. The van der Waals surface area contributed by atoms with Crippen LogP contribution in [0.3, 0.4) is 0 Å². The summed E-state index contributed by atoms with van der Waals surface area (Å²) in [4.78, 5) is 4.98. The summed E-state index contributed by atoms with van der Waals surface area (Å²) in [6, 6.07) is 4.27. The highest BCUT2D eigenvalue weighted by Gasteiger charge is 2.43. The van der Waals surface area contributed by atoms with Crippen LogP contribution in [0.4, 0.5) is 0 Å². The van der Waals surface area contributed by atoms with E-state index in [1.165, 1.54) is 29.8 Å². The minimum Gasteiger partial charge on any atom is -0.381 e. The number of nitrogens with zero attached hydrogens (tertiary/aromatic N) is 2. The molecule has 3 heterocycles. The Bertz CT molecular complexity index is 608. The predicted molar refractivity (Wildman–Crippen MR) is 70.0 cm³/mol. The molecule has 94 valence electrons. The summed E-state index contributed by atoms with van der Waals surface area (Å²) in [7, 11) is 0. The van der Waals surface area contributed by atoms with E-state index in [0.717, 1.165) is 31.7 Å². The van der Waals surface area contributed by atoms with Gasteiger partial charge in [0.25, 0.3) is 0 Å². The second kappa shape index (κ2) is 3.58. The van der Waals surface area contributed by atoms with Gasteiger partial charge < -0.3 is 9.14 Å². The van der Waals surface area contributed by atoms with E-state index in [0.29, 0.717) is 5.41 Å². The first-order valence-corrected chi connectivity index (χ1v) is 6.85. The number of hydrogen-bond acceptors (Lipinski definition) is 2. The monoisotopic (exact) mass is 242 g/mol. The lowest BCUT2D eigenvalue weighted by molar-refractivity contribution is 0.0494. The van der Waals surface area contributed by atoms with E-state index in [4.69, 9.17) is 9.72 Å². The van der Waals surface area contributed by atoms with Crippen molar-refractivity contribution >= 4 is 5.65 Å². The van der Waals surface area contributed by atoms with Crippen molar-refractivity contribution < 1.29 is 4.74 Å². The zero-order chi connectivity index (χ0) is 12.2. The number of fused-ring (bicyclic) bond motifs is 4. The average Bonchev–Trinajstić information content (AvgIpc) is 2.92. The third-order valence-corrected chi connectivity index (χ3v) is 4.74. The molecule has 1 aliphatic carbocycles. The molecule has 0 radical (unpaired) electrons. The number of aryl methyl sites for hydroxylation is 2. The lowest BCUT2D eigenvalue weighted by Crippen LogP contribution is -2.31. The van der Waals surface area contributed by atoms with Gasteiger partial charge in [0.05, 0.1) is 5.69 Å². The summed E-state index contributed by atoms with van der Waals surface area (Å²) in [5.74, 6) is 0. The molecule has 1 saturated heterocycles. The molecular weight excluding hydrogens is 224 g/mol. The lowest BCUT2D eigenvalue weighted by atomic mass is 9.78. The van der Waals surface area contributed by atoms with E-state index in [2.05, 4.69) is 29.7 Å². The minimum absolute atomic E-state index is 0.312. The molecule has 3 heteroatoms. The van der Waals surface area contributed by atoms with Gasteiger partial charge in [-0.3, -0.25) is 0 Å². The quantitative estimate of drug-likeness (QED) is 0.710. The van der Waals surface area contributed by atoms with Gasteiger partial charge in [-0.2, -0.15) is 0 Å². The fourth-order valence-electron chi connectivity index (χ4n) is 3.64. The van der Waals surface area contributed by atoms with E-state index < -0.39 is 0 Å². The van der Waals surface area contributed by atoms with Crippen LogP contribution >= 0.6 is 0 Å². The Labute approximate surface area is 107 Å². The van der Waals surface area contributed by atoms with Crippen LogP contribution in [0.5, 0.6) is 0 Å². The molecule has 0 saturated carbocycles. The number of ether oxygens (including phenoxy) is 1. The fourth-order valence-corrected chi connectivity index (χ4v) is 3.64. The Morgan fingerprint density at radius 2 is 2.11 bits per heavy atom. The summed E-state index contributed by atoms with van der Waals surface area (Å²) in [5, 5.41) is 0. The van der Waals surface area contributed by atoms with Crippen LogP contribution in [-0.4, -0.2) is 22.6 Å². The normalized spacial score (nSPS) is 21.6. The largest absolute Gasteiger partial charge is 0.381 e. The highest BCUT2D eigenvalue weighted by Crippen LogP contribution is 2.45. The molecule has 0 bridgehead atoms. The van der Waals surface area contributed by atoms with Crippen molar-refractivity contribution in [2.24, 2.45) is 0 Å². The summed E-state index contributed by atoms with van der Waals surface area (Å²) < 4.78 is 7.83. The molecule has 2 aromatic rings. The number of imidazole rings is 1. The van der Waals surface area contributed by atoms with Gasteiger partial charge in [-0.25, -0.2) is 4.98 Å². The maximum Gasteiger partial charge on any atom is 0.140 e. The van der Waals surface area contributed by atoms with Gasteiger partial charge in [0.15, 0.2) is 0 Å². The number of pyridine rings is 1. The van der Waals surface area contributed by atoms with E-state index in [9.17, 15) is 0 Å². The number of aromatic nitrogens is 2. The van der Waals surface area contributed by atoms with Gasteiger partial charge in [-0.05, 0) is 44.2 Å². The predicted octanol–water partition coefficient (Wildman–Crippen LogP) is 2.64. The van der Waals surface area contributed by atoms with Crippen LogP contribution < -0.4 is 0 Å². The molecule has 0 N–H and O–H groups in total. The standard InChI is InChI=1S/C15H18N2O/c1-11-3-2-8-17-12-4-5-15(6-9-18-10-7-15)13(12)16-14(11)17/h2-3,8H,4-7,9-10H2,1H3. The Balaban J connectivity index is 1.94. The van der Waals surface area contributed by atoms with E-state index in [-0.39, 0.29) is 0 Å². The minimum atomic E-state index is 0.312. The third-order valence-electron chi connectivity index (χ3n) is 4.74. The van der Waals surface area contributed by atoms with E-state index >= 15 is 0 Å². The Morgan fingerprint density at radius 1 is 1.28 bits per heavy atom. The van der Waals surface area contributed by atoms with Crippen LogP contribution in [0.1, 0.15) is 36.2 Å². The molecule has 1 aliphatic heterocycles. The molecular formula is C15H18N2O. The Kier molecular flexibility index (Phi) is 2.10. The highest BCUT2D eigenvalue weighted by molar-refractivity contribution is 5.53. The molecule has 4 rings (SSSR count). The zero-order valence-electron chi connectivity index (χ0n) is 10.8. The average molecular weight is 242 g/mol. The highest BCUT2D eigenvalue weighted by atomic mass is 16.5. The summed E-state index contributed by atoms with van der Waals surface area (Å²) >= 11 is 0. The van der Waals surface area contributed by atoms with Gasteiger partial charge in [-0.15, -0.1) is 0 Å².